The highest BCUT2D eigenvalue weighted by Gasteiger charge is 2.28. The van der Waals surface area contributed by atoms with Crippen molar-refractivity contribution in [1.29, 1.82) is 0 Å². The molecular formula is C12H22N4S. The van der Waals surface area contributed by atoms with E-state index in [0.29, 0.717) is 12.0 Å². The summed E-state index contributed by atoms with van der Waals surface area (Å²) < 4.78 is 4.46. The molecule has 1 aliphatic rings. The molecule has 0 aliphatic heterocycles. The summed E-state index contributed by atoms with van der Waals surface area (Å²) >= 11 is 1.55. The summed E-state index contributed by atoms with van der Waals surface area (Å²) in [5.41, 5.74) is 0. The van der Waals surface area contributed by atoms with Crippen molar-refractivity contribution in [2.75, 3.05) is 24.5 Å². The molecule has 0 unspecified atom stereocenters. The standard InChI is InChI=1S/C12H22N4S/c1-4-16(8-7-13-9(2)3)12-14-11(15-17-12)10-5-6-10/h9-10,13H,4-8H2,1-3H3. The van der Waals surface area contributed by atoms with Gasteiger partial charge in [0.2, 0.25) is 5.13 Å². The van der Waals surface area contributed by atoms with Crippen molar-refractivity contribution >= 4 is 16.7 Å². The molecule has 1 heterocycles. The van der Waals surface area contributed by atoms with Crippen LogP contribution in [-0.4, -0.2) is 35.0 Å². The van der Waals surface area contributed by atoms with Gasteiger partial charge in [-0.05, 0) is 19.8 Å². The highest BCUT2D eigenvalue weighted by atomic mass is 32.1. The van der Waals surface area contributed by atoms with Crippen molar-refractivity contribution in [3.8, 4) is 0 Å². The number of rotatable bonds is 7. The van der Waals surface area contributed by atoms with Crippen LogP contribution >= 0.6 is 11.5 Å². The summed E-state index contributed by atoms with van der Waals surface area (Å²) in [6.07, 6.45) is 2.55. The molecule has 5 heteroatoms. The van der Waals surface area contributed by atoms with Gasteiger partial charge in [-0.3, -0.25) is 0 Å². The molecule has 1 saturated carbocycles. The molecular weight excluding hydrogens is 232 g/mol. The van der Waals surface area contributed by atoms with Gasteiger partial charge in [-0.2, -0.15) is 4.37 Å². The lowest BCUT2D eigenvalue weighted by molar-refractivity contribution is 0.583. The first-order valence-corrected chi connectivity index (χ1v) is 7.30. The molecule has 0 aromatic carbocycles. The quantitative estimate of drug-likeness (QED) is 0.810. The van der Waals surface area contributed by atoms with Crippen molar-refractivity contribution in [1.82, 2.24) is 14.7 Å². The molecule has 0 atom stereocenters. The second kappa shape index (κ2) is 5.78. The number of likely N-dealkylation sites (N-methyl/N-ethyl adjacent to an activating group) is 1. The predicted octanol–water partition coefficient (Wildman–Crippen LogP) is 2.24. The summed E-state index contributed by atoms with van der Waals surface area (Å²) in [5.74, 6) is 1.73. The molecule has 2 rings (SSSR count). The number of hydrogen-bond donors (Lipinski definition) is 1. The minimum absolute atomic E-state index is 0.546. The first-order valence-electron chi connectivity index (χ1n) is 6.52. The molecule has 1 aliphatic carbocycles. The van der Waals surface area contributed by atoms with E-state index in [1.807, 2.05) is 0 Å². The first-order chi connectivity index (χ1) is 8.20. The van der Waals surface area contributed by atoms with Crippen LogP contribution in [0.3, 0.4) is 0 Å². The van der Waals surface area contributed by atoms with Gasteiger partial charge in [0, 0.05) is 43.1 Å². The van der Waals surface area contributed by atoms with Gasteiger partial charge in [0.05, 0.1) is 0 Å². The topological polar surface area (TPSA) is 41.0 Å². The third kappa shape index (κ3) is 3.64. The van der Waals surface area contributed by atoms with E-state index in [1.54, 1.807) is 11.5 Å². The molecule has 0 spiro atoms. The van der Waals surface area contributed by atoms with Crippen molar-refractivity contribution in [3.63, 3.8) is 0 Å². The lowest BCUT2D eigenvalue weighted by atomic mass is 10.4. The molecule has 1 N–H and O–H groups in total. The van der Waals surface area contributed by atoms with Gasteiger partial charge in [-0.15, -0.1) is 0 Å². The Labute approximate surface area is 108 Å². The molecule has 1 fully saturated rings. The van der Waals surface area contributed by atoms with Crippen LogP contribution < -0.4 is 10.2 Å². The summed E-state index contributed by atoms with van der Waals surface area (Å²) in [5, 5.41) is 4.52. The Kier molecular flexibility index (Phi) is 4.34. The van der Waals surface area contributed by atoms with E-state index >= 15 is 0 Å². The zero-order valence-corrected chi connectivity index (χ0v) is 11.8. The largest absolute Gasteiger partial charge is 0.346 e. The number of nitrogens with one attached hydrogen (secondary N) is 1. The Bertz CT molecular complexity index is 346. The molecule has 4 nitrogen and oxygen atoms in total. The van der Waals surface area contributed by atoms with Crippen molar-refractivity contribution < 1.29 is 0 Å². The van der Waals surface area contributed by atoms with Crippen LogP contribution in [0.2, 0.25) is 0 Å². The van der Waals surface area contributed by atoms with Crippen LogP contribution in [0.4, 0.5) is 5.13 Å². The van der Waals surface area contributed by atoms with Gasteiger partial charge in [0.1, 0.15) is 5.82 Å². The molecule has 17 heavy (non-hydrogen) atoms. The van der Waals surface area contributed by atoms with Gasteiger partial charge >= 0.3 is 0 Å². The molecule has 0 amide bonds. The number of aromatic nitrogens is 2. The van der Waals surface area contributed by atoms with Crippen molar-refractivity contribution in [3.05, 3.63) is 5.82 Å². The number of hydrogen-bond acceptors (Lipinski definition) is 5. The van der Waals surface area contributed by atoms with Gasteiger partial charge in [0.25, 0.3) is 0 Å². The highest BCUT2D eigenvalue weighted by Crippen LogP contribution is 2.39. The van der Waals surface area contributed by atoms with Gasteiger partial charge in [-0.25, -0.2) is 4.98 Å². The average Bonchev–Trinajstić information content (AvgIpc) is 3.04. The Morgan fingerprint density at radius 3 is 2.82 bits per heavy atom. The van der Waals surface area contributed by atoms with Crippen LogP contribution in [-0.2, 0) is 0 Å². The van der Waals surface area contributed by atoms with E-state index in [9.17, 15) is 0 Å². The van der Waals surface area contributed by atoms with E-state index in [-0.39, 0.29) is 0 Å². The van der Waals surface area contributed by atoms with E-state index in [1.165, 1.54) is 12.8 Å². The van der Waals surface area contributed by atoms with Crippen LogP contribution in [0.1, 0.15) is 45.4 Å². The fourth-order valence-electron chi connectivity index (χ4n) is 1.74. The van der Waals surface area contributed by atoms with Crippen LogP contribution in [0.25, 0.3) is 0 Å². The third-order valence-corrected chi connectivity index (χ3v) is 3.75. The van der Waals surface area contributed by atoms with Crippen molar-refractivity contribution in [2.24, 2.45) is 0 Å². The molecule has 0 saturated heterocycles. The van der Waals surface area contributed by atoms with E-state index < -0.39 is 0 Å². The Hall–Kier alpha value is -0.680. The first kappa shape index (κ1) is 12.8. The number of anilines is 1. The lowest BCUT2D eigenvalue weighted by Gasteiger charge is -2.20. The minimum Gasteiger partial charge on any atom is -0.346 e. The maximum atomic E-state index is 4.65. The zero-order valence-electron chi connectivity index (χ0n) is 10.9. The maximum absolute atomic E-state index is 4.65. The molecule has 0 bridgehead atoms. The van der Waals surface area contributed by atoms with E-state index in [4.69, 9.17) is 0 Å². The second-order valence-electron chi connectivity index (χ2n) is 4.90. The molecule has 0 radical (unpaired) electrons. The summed E-state index contributed by atoms with van der Waals surface area (Å²) in [7, 11) is 0. The zero-order chi connectivity index (χ0) is 12.3. The average molecular weight is 254 g/mol. The Morgan fingerprint density at radius 2 is 2.24 bits per heavy atom. The summed E-state index contributed by atoms with van der Waals surface area (Å²) in [6.45, 7) is 9.53. The van der Waals surface area contributed by atoms with Crippen LogP contribution in [0.5, 0.6) is 0 Å². The monoisotopic (exact) mass is 254 g/mol. The highest BCUT2D eigenvalue weighted by molar-refractivity contribution is 7.09. The second-order valence-corrected chi connectivity index (χ2v) is 5.63. The fraction of sp³-hybridized carbons (Fsp3) is 0.833. The number of nitrogens with zero attached hydrogens (tertiary/aromatic N) is 3. The fourth-order valence-corrected chi connectivity index (χ4v) is 2.57. The van der Waals surface area contributed by atoms with Crippen LogP contribution in [0.15, 0.2) is 0 Å². The Balaban J connectivity index is 1.87. The van der Waals surface area contributed by atoms with Gasteiger partial charge < -0.3 is 10.2 Å². The smallest absolute Gasteiger partial charge is 0.205 e. The summed E-state index contributed by atoms with van der Waals surface area (Å²) in [4.78, 5) is 6.95. The van der Waals surface area contributed by atoms with E-state index in [2.05, 4.69) is 40.3 Å². The van der Waals surface area contributed by atoms with Gasteiger partial charge in [0.15, 0.2) is 0 Å². The third-order valence-electron chi connectivity index (χ3n) is 2.96. The minimum atomic E-state index is 0.546. The molecule has 96 valence electrons. The van der Waals surface area contributed by atoms with Crippen molar-refractivity contribution in [2.45, 2.75) is 45.6 Å². The normalized spacial score (nSPS) is 15.5. The summed E-state index contributed by atoms with van der Waals surface area (Å²) in [6, 6.07) is 0.546. The van der Waals surface area contributed by atoms with E-state index in [0.717, 1.165) is 30.6 Å². The lowest BCUT2D eigenvalue weighted by Crippen LogP contribution is -2.34. The van der Waals surface area contributed by atoms with Crippen LogP contribution in [0, 0.1) is 0 Å². The molecule has 1 aromatic rings. The Morgan fingerprint density at radius 1 is 1.47 bits per heavy atom. The molecule has 1 aromatic heterocycles. The maximum Gasteiger partial charge on any atom is 0.205 e. The van der Waals surface area contributed by atoms with Gasteiger partial charge in [-0.1, -0.05) is 13.8 Å². The predicted molar refractivity (Wildman–Crippen MR) is 72.9 cm³/mol. The SMILES string of the molecule is CCN(CCNC(C)C)c1nc(C2CC2)ns1.